The maximum atomic E-state index is 13.5. The van der Waals surface area contributed by atoms with E-state index in [-0.39, 0.29) is 18.4 Å². The maximum absolute atomic E-state index is 13.5. The summed E-state index contributed by atoms with van der Waals surface area (Å²) < 4.78 is 39.9. The molecular weight excluding hydrogens is 457 g/mol. The van der Waals surface area contributed by atoms with Crippen molar-refractivity contribution in [2.45, 2.75) is 47.2 Å². The van der Waals surface area contributed by atoms with Crippen LogP contribution in [0.2, 0.25) is 0 Å². The van der Waals surface area contributed by atoms with Crippen LogP contribution in [-0.2, 0) is 26.2 Å². The lowest BCUT2D eigenvalue weighted by Gasteiger charge is -2.32. The molecule has 0 heterocycles. The summed E-state index contributed by atoms with van der Waals surface area (Å²) in [6.45, 7) is 9.09. The van der Waals surface area contributed by atoms with Gasteiger partial charge in [-0.25, -0.2) is 12.8 Å². The van der Waals surface area contributed by atoms with Crippen LogP contribution in [0.15, 0.2) is 42.5 Å². The number of aryl methyl sites for hydroxylation is 2. The minimum atomic E-state index is -3.80. The number of amides is 2. The van der Waals surface area contributed by atoms with Crippen molar-refractivity contribution in [3.8, 4) is 0 Å². The molecule has 2 amide bonds. The predicted molar refractivity (Wildman–Crippen MR) is 132 cm³/mol. The van der Waals surface area contributed by atoms with Crippen molar-refractivity contribution in [1.29, 1.82) is 0 Å². The first-order chi connectivity index (χ1) is 15.8. The Morgan fingerprint density at radius 2 is 1.56 bits per heavy atom. The van der Waals surface area contributed by atoms with Crippen molar-refractivity contribution in [3.63, 3.8) is 0 Å². The van der Waals surface area contributed by atoms with Gasteiger partial charge in [0.1, 0.15) is 18.4 Å². The SMILES string of the molecule is Cc1cccc(C)c1N(CC(=O)N(Cc1ccc(F)cc1)[C@@H](C)C(=O)NCC(C)C)S(C)(=O)=O. The molecule has 1 N–H and O–H groups in total. The average molecular weight is 492 g/mol. The van der Waals surface area contributed by atoms with E-state index in [0.717, 1.165) is 10.6 Å². The summed E-state index contributed by atoms with van der Waals surface area (Å²) in [4.78, 5) is 27.6. The Labute approximate surface area is 202 Å². The van der Waals surface area contributed by atoms with Crippen LogP contribution in [0.3, 0.4) is 0 Å². The first-order valence-electron chi connectivity index (χ1n) is 11.2. The van der Waals surface area contributed by atoms with Gasteiger partial charge in [0.15, 0.2) is 0 Å². The largest absolute Gasteiger partial charge is 0.354 e. The van der Waals surface area contributed by atoms with Crippen molar-refractivity contribution in [2.24, 2.45) is 5.92 Å². The van der Waals surface area contributed by atoms with Crippen LogP contribution in [-0.4, -0.2) is 50.5 Å². The molecule has 2 aromatic rings. The van der Waals surface area contributed by atoms with Crippen LogP contribution in [0.1, 0.15) is 37.5 Å². The molecule has 0 bridgehead atoms. The summed E-state index contributed by atoms with van der Waals surface area (Å²) in [5.74, 6) is -1.07. The maximum Gasteiger partial charge on any atom is 0.244 e. The third-order valence-electron chi connectivity index (χ3n) is 5.49. The van der Waals surface area contributed by atoms with Crippen molar-refractivity contribution < 1.29 is 22.4 Å². The fourth-order valence-corrected chi connectivity index (χ4v) is 4.56. The van der Waals surface area contributed by atoms with E-state index in [2.05, 4.69) is 5.32 Å². The van der Waals surface area contributed by atoms with Crippen molar-refractivity contribution in [3.05, 3.63) is 65.0 Å². The van der Waals surface area contributed by atoms with E-state index >= 15 is 0 Å². The third-order valence-corrected chi connectivity index (χ3v) is 6.60. The highest BCUT2D eigenvalue weighted by Gasteiger charge is 2.31. The van der Waals surface area contributed by atoms with Gasteiger partial charge in [-0.2, -0.15) is 0 Å². The second kappa shape index (κ2) is 11.5. The second-order valence-corrected chi connectivity index (χ2v) is 10.9. The van der Waals surface area contributed by atoms with E-state index in [1.807, 2.05) is 19.9 Å². The van der Waals surface area contributed by atoms with Crippen LogP contribution < -0.4 is 9.62 Å². The Morgan fingerprint density at radius 1 is 1.00 bits per heavy atom. The minimum absolute atomic E-state index is 0.0275. The molecule has 0 saturated carbocycles. The monoisotopic (exact) mass is 491 g/mol. The molecule has 2 aromatic carbocycles. The number of nitrogens with one attached hydrogen (secondary N) is 1. The van der Waals surface area contributed by atoms with Crippen LogP contribution in [0.25, 0.3) is 0 Å². The van der Waals surface area contributed by atoms with Gasteiger partial charge in [0.05, 0.1) is 11.9 Å². The van der Waals surface area contributed by atoms with Crippen molar-refractivity contribution in [2.75, 3.05) is 23.7 Å². The Balaban J connectivity index is 2.41. The first kappa shape index (κ1) is 27.3. The van der Waals surface area contributed by atoms with E-state index in [0.29, 0.717) is 28.9 Å². The number of para-hydroxylation sites is 1. The van der Waals surface area contributed by atoms with Crippen LogP contribution >= 0.6 is 0 Å². The molecule has 0 aliphatic rings. The first-order valence-corrected chi connectivity index (χ1v) is 13.0. The molecule has 7 nitrogen and oxygen atoms in total. The van der Waals surface area contributed by atoms with Gasteiger partial charge in [0.2, 0.25) is 21.8 Å². The fourth-order valence-electron chi connectivity index (χ4n) is 3.60. The number of sulfonamides is 1. The van der Waals surface area contributed by atoms with Gasteiger partial charge < -0.3 is 10.2 Å². The molecule has 9 heteroatoms. The Kier molecular flexibility index (Phi) is 9.21. The molecule has 1 atom stereocenters. The number of halogens is 1. The molecule has 0 unspecified atom stereocenters. The van der Waals surface area contributed by atoms with E-state index in [1.54, 1.807) is 32.9 Å². The van der Waals surface area contributed by atoms with E-state index in [1.165, 1.54) is 29.2 Å². The number of hydrogen-bond donors (Lipinski definition) is 1. The van der Waals surface area contributed by atoms with Gasteiger partial charge in [0.25, 0.3) is 0 Å². The minimum Gasteiger partial charge on any atom is -0.354 e. The highest BCUT2D eigenvalue weighted by Crippen LogP contribution is 2.27. The summed E-state index contributed by atoms with van der Waals surface area (Å²) in [6, 6.07) is 10.1. The molecule has 0 aliphatic carbocycles. The fraction of sp³-hybridized carbons (Fsp3) is 0.440. The summed E-state index contributed by atoms with van der Waals surface area (Å²) in [5.41, 5.74) is 2.49. The van der Waals surface area contributed by atoms with Crippen LogP contribution in [0.5, 0.6) is 0 Å². The molecule has 186 valence electrons. The zero-order valence-corrected chi connectivity index (χ0v) is 21.4. The van der Waals surface area contributed by atoms with E-state index in [4.69, 9.17) is 0 Å². The Morgan fingerprint density at radius 3 is 2.06 bits per heavy atom. The van der Waals surface area contributed by atoms with Gasteiger partial charge in [-0.15, -0.1) is 0 Å². The van der Waals surface area contributed by atoms with Crippen molar-refractivity contribution >= 4 is 27.5 Å². The second-order valence-electron chi connectivity index (χ2n) is 8.97. The summed E-state index contributed by atoms with van der Waals surface area (Å²) >= 11 is 0. The highest BCUT2D eigenvalue weighted by atomic mass is 32.2. The highest BCUT2D eigenvalue weighted by molar-refractivity contribution is 7.92. The number of benzene rings is 2. The lowest BCUT2D eigenvalue weighted by molar-refractivity contribution is -0.139. The predicted octanol–water partition coefficient (Wildman–Crippen LogP) is 3.40. The topological polar surface area (TPSA) is 86.8 Å². The lowest BCUT2D eigenvalue weighted by atomic mass is 10.1. The van der Waals surface area contributed by atoms with Gasteiger partial charge in [-0.1, -0.05) is 44.2 Å². The molecule has 0 aromatic heterocycles. The number of rotatable bonds is 10. The van der Waals surface area contributed by atoms with Crippen LogP contribution in [0, 0.1) is 25.6 Å². The molecule has 0 radical (unpaired) electrons. The van der Waals surface area contributed by atoms with Gasteiger partial charge in [0, 0.05) is 13.1 Å². The number of carbonyl (C=O) groups is 2. The van der Waals surface area contributed by atoms with Gasteiger partial charge >= 0.3 is 0 Å². The van der Waals surface area contributed by atoms with Crippen LogP contribution in [0.4, 0.5) is 10.1 Å². The smallest absolute Gasteiger partial charge is 0.244 e. The Bertz CT molecular complexity index is 1100. The zero-order chi connectivity index (χ0) is 25.6. The quantitative estimate of drug-likeness (QED) is 0.552. The molecule has 0 aliphatic heterocycles. The number of anilines is 1. The number of carbonyl (C=O) groups excluding carboxylic acids is 2. The third kappa shape index (κ3) is 7.28. The Hall–Kier alpha value is -2.94. The average Bonchev–Trinajstić information content (AvgIpc) is 2.74. The molecular formula is C25H34FN3O4S. The molecule has 0 fully saturated rings. The van der Waals surface area contributed by atoms with Crippen molar-refractivity contribution in [1.82, 2.24) is 10.2 Å². The molecule has 34 heavy (non-hydrogen) atoms. The number of nitrogens with zero attached hydrogens (tertiary/aromatic N) is 2. The van der Waals surface area contributed by atoms with Gasteiger partial charge in [-0.05, 0) is 55.5 Å². The number of hydrogen-bond acceptors (Lipinski definition) is 4. The molecule has 2 rings (SSSR count). The standard InChI is InChI=1S/C25H34FN3O4S/c1-17(2)14-27-25(31)20(5)28(15-21-10-12-22(26)13-11-21)23(30)16-29(34(6,32)33)24-18(3)8-7-9-19(24)4/h7-13,17,20H,14-16H2,1-6H3,(H,27,31)/t20-/m0/s1. The normalized spacial score (nSPS) is 12.4. The summed E-state index contributed by atoms with van der Waals surface area (Å²) in [6.07, 6.45) is 1.05. The molecule has 0 saturated heterocycles. The summed E-state index contributed by atoms with van der Waals surface area (Å²) in [7, 11) is -3.80. The van der Waals surface area contributed by atoms with E-state index in [9.17, 15) is 22.4 Å². The van der Waals surface area contributed by atoms with E-state index < -0.39 is 34.3 Å². The lowest BCUT2D eigenvalue weighted by Crippen LogP contribution is -2.51. The van der Waals surface area contributed by atoms with Gasteiger partial charge in [-0.3, -0.25) is 13.9 Å². The summed E-state index contributed by atoms with van der Waals surface area (Å²) in [5, 5.41) is 2.82. The zero-order valence-electron chi connectivity index (χ0n) is 20.6. The molecule has 0 spiro atoms.